The van der Waals surface area contributed by atoms with Crippen LogP contribution in [-0.4, -0.2) is 27.9 Å². The molecule has 0 aliphatic carbocycles. The maximum Gasteiger partial charge on any atom is 0.154 e. The molecule has 3 rings (SSSR count). The van der Waals surface area contributed by atoms with Gasteiger partial charge in [0.15, 0.2) is 5.82 Å². The minimum Gasteiger partial charge on any atom is -0.388 e. The lowest BCUT2D eigenvalue weighted by atomic mass is 10.2. The van der Waals surface area contributed by atoms with Crippen LogP contribution in [-0.2, 0) is 6.61 Å². The molecular weight excluding hydrogens is 214 g/mol. The third kappa shape index (κ3) is 1.78. The molecule has 0 saturated carbocycles. The van der Waals surface area contributed by atoms with E-state index in [0.29, 0.717) is 0 Å². The lowest BCUT2D eigenvalue weighted by molar-refractivity contribution is 0.263. The largest absolute Gasteiger partial charge is 0.388 e. The van der Waals surface area contributed by atoms with Crippen LogP contribution in [0.2, 0.25) is 0 Å². The van der Waals surface area contributed by atoms with Crippen molar-refractivity contribution in [3.8, 4) is 0 Å². The van der Waals surface area contributed by atoms with E-state index in [9.17, 15) is 5.11 Å². The van der Waals surface area contributed by atoms with E-state index < -0.39 is 0 Å². The molecule has 2 aromatic rings. The average molecular weight is 231 g/mol. The molecule has 0 radical (unpaired) electrons. The second-order valence-corrected chi connectivity index (χ2v) is 4.50. The van der Waals surface area contributed by atoms with Gasteiger partial charge in [0, 0.05) is 13.1 Å². The summed E-state index contributed by atoms with van der Waals surface area (Å²) >= 11 is 0. The summed E-state index contributed by atoms with van der Waals surface area (Å²) in [6, 6.07) is 8.06. The second-order valence-electron chi connectivity index (χ2n) is 4.50. The molecule has 1 N–H and O–H groups in total. The van der Waals surface area contributed by atoms with Crippen LogP contribution in [0.3, 0.4) is 0 Å². The van der Waals surface area contributed by atoms with Crippen molar-refractivity contribution in [1.29, 1.82) is 0 Å². The van der Waals surface area contributed by atoms with Crippen LogP contribution < -0.4 is 5.01 Å². The highest BCUT2D eigenvalue weighted by Crippen LogP contribution is 2.19. The SMILES string of the molecule is OCc1nc2ccccc2n1N1CCCCC1. The standard InChI is InChI=1S/C13H17N3O/c17-10-13-14-11-6-2-3-7-12(11)16(13)15-8-4-1-5-9-15/h2-3,6-7,17H,1,4-5,8-10H2. The molecule has 4 heteroatoms. The molecule has 1 saturated heterocycles. The Morgan fingerprint density at radius 3 is 2.65 bits per heavy atom. The second kappa shape index (κ2) is 4.37. The maximum atomic E-state index is 9.44. The van der Waals surface area contributed by atoms with Crippen molar-refractivity contribution in [2.24, 2.45) is 0 Å². The van der Waals surface area contributed by atoms with Gasteiger partial charge in [0.2, 0.25) is 0 Å². The number of hydrogen-bond acceptors (Lipinski definition) is 3. The predicted octanol–water partition coefficient (Wildman–Crippen LogP) is 1.65. The normalized spacial score (nSPS) is 16.6. The molecule has 0 unspecified atom stereocenters. The Morgan fingerprint density at radius 2 is 1.88 bits per heavy atom. The van der Waals surface area contributed by atoms with Gasteiger partial charge in [-0.1, -0.05) is 12.1 Å². The molecule has 1 aromatic heterocycles. The molecule has 1 aliphatic rings. The molecular formula is C13H17N3O. The number of aliphatic hydroxyl groups excluding tert-OH is 1. The zero-order valence-electron chi connectivity index (χ0n) is 9.84. The van der Waals surface area contributed by atoms with Gasteiger partial charge in [0.05, 0.1) is 11.0 Å². The number of benzene rings is 1. The Hall–Kier alpha value is -1.55. The molecule has 17 heavy (non-hydrogen) atoms. The number of aromatic nitrogens is 2. The smallest absolute Gasteiger partial charge is 0.154 e. The van der Waals surface area contributed by atoms with E-state index in [1.807, 2.05) is 18.2 Å². The lowest BCUT2D eigenvalue weighted by Crippen LogP contribution is -2.40. The minimum atomic E-state index is -0.00875. The Balaban J connectivity index is 2.11. The molecule has 4 nitrogen and oxygen atoms in total. The van der Waals surface area contributed by atoms with Crippen LogP contribution in [0.25, 0.3) is 11.0 Å². The average Bonchev–Trinajstić information content (AvgIpc) is 2.78. The summed E-state index contributed by atoms with van der Waals surface area (Å²) in [5.41, 5.74) is 2.06. The van der Waals surface area contributed by atoms with E-state index in [0.717, 1.165) is 29.9 Å². The molecule has 90 valence electrons. The van der Waals surface area contributed by atoms with Gasteiger partial charge in [-0.2, -0.15) is 0 Å². The predicted molar refractivity (Wildman–Crippen MR) is 67.5 cm³/mol. The summed E-state index contributed by atoms with van der Waals surface area (Å²) in [4.78, 5) is 4.48. The number of para-hydroxylation sites is 2. The van der Waals surface area contributed by atoms with Gasteiger partial charge in [-0.05, 0) is 31.4 Å². The maximum absolute atomic E-state index is 9.44. The number of aliphatic hydroxyl groups is 1. The van der Waals surface area contributed by atoms with Crippen molar-refractivity contribution in [1.82, 2.24) is 9.66 Å². The Bertz CT molecular complexity index is 514. The van der Waals surface area contributed by atoms with Crippen LogP contribution in [0.1, 0.15) is 25.1 Å². The molecule has 0 bridgehead atoms. The van der Waals surface area contributed by atoms with E-state index >= 15 is 0 Å². The van der Waals surface area contributed by atoms with Crippen molar-refractivity contribution >= 4 is 11.0 Å². The first-order valence-electron chi connectivity index (χ1n) is 6.22. The fraction of sp³-hybridized carbons (Fsp3) is 0.462. The van der Waals surface area contributed by atoms with Crippen molar-refractivity contribution in [3.05, 3.63) is 30.1 Å². The van der Waals surface area contributed by atoms with E-state index in [4.69, 9.17) is 0 Å². The number of hydrogen-bond donors (Lipinski definition) is 1. The van der Waals surface area contributed by atoms with E-state index in [1.54, 1.807) is 0 Å². The third-order valence-electron chi connectivity index (χ3n) is 3.36. The van der Waals surface area contributed by atoms with Crippen LogP contribution in [0.15, 0.2) is 24.3 Å². The highest BCUT2D eigenvalue weighted by atomic mass is 16.3. The monoisotopic (exact) mass is 231 g/mol. The first-order valence-corrected chi connectivity index (χ1v) is 6.22. The number of fused-ring (bicyclic) bond motifs is 1. The van der Waals surface area contributed by atoms with E-state index in [1.165, 1.54) is 19.3 Å². The number of rotatable bonds is 2. The van der Waals surface area contributed by atoms with Crippen LogP contribution in [0.5, 0.6) is 0 Å². The summed E-state index contributed by atoms with van der Waals surface area (Å²) in [6.45, 7) is 2.09. The lowest BCUT2D eigenvalue weighted by Gasteiger charge is -2.31. The van der Waals surface area contributed by atoms with Crippen molar-refractivity contribution in [2.75, 3.05) is 18.1 Å². The third-order valence-corrected chi connectivity index (χ3v) is 3.36. The van der Waals surface area contributed by atoms with Gasteiger partial charge >= 0.3 is 0 Å². The molecule has 1 aromatic carbocycles. The molecule has 0 amide bonds. The fourth-order valence-corrected chi connectivity index (χ4v) is 2.56. The summed E-state index contributed by atoms with van der Waals surface area (Å²) in [7, 11) is 0. The van der Waals surface area contributed by atoms with Crippen LogP contribution in [0, 0.1) is 0 Å². The van der Waals surface area contributed by atoms with Crippen molar-refractivity contribution in [3.63, 3.8) is 0 Å². The topological polar surface area (TPSA) is 41.3 Å². The number of piperidine rings is 1. The van der Waals surface area contributed by atoms with Crippen molar-refractivity contribution in [2.45, 2.75) is 25.9 Å². The van der Waals surface area contributed by atoms with Crippen LogP contribution >= 0.6 is 0 Å². The zero-order chi connectivity index (χ0) is 11.7. The first kappa shape index (κ1) is 10.6. The Labute approximate surface area is 100 Å². The van der Waals surface area contributed by atoms with E-state index in [-0.39, 0.29) is 6.61 Å². The number of imidazole rings is 1. The molecule has 1 aliphatic heterocycles. The van der Waals surface area contributed by atoms with Gasteiger partial charge in [-0.3, -0.25) is 0 Å². The van der Waals surface area contributed by atoms with Gasteiger partial charge < -0.3 is 10.1 Å². The Morgan fingerprint density at radius 1 is 1.12 bits per heavy atom. The summed E-state index contributed by atoms with van der Waals surface area (Å²) in [5, 5.41) is 11.7. The van der Waals surface area contributed by atoms with E-state index in [2.05, 4.69) is 20.7 Å². The molecule has 0 spiro atoms. The minimum absolute atomic E-state index is 0.00875. The number of nitrogens with zero attached hydrogens (tertiary/aromatic N) is 3. The summed E-state index contributed by atoms with van der Waals surface area (Å²) < 4.78 is 2.09. The van der Waals surface area contributed by atoms with Gasteiger partial charge in [0.1, 0.15) is 6.61 Å². The zero-order valence-corrected chi connectivity index (χ0v) is 9.84. The quantitative estimate of drug-likeness (QED) is 0.854. The highest BCUT2D eigenvalue weighted by molar-refractivity contribution is 5.76. The highest BCUT2D eigenvalue weighted by Gasteiger charge is 2.17. The summed E-state index contributed by atoms with van der Waals surface area (Å²) in [5.74, 6) is 0.744. The summed E-state index contributed by atoms with van der Waals surface area (Å²) in [6.07, 6.45) is 3.74. The van der Waals surface area contributed by atoms with Crippen molar-refractivity contribution < 1.29 is 5.11 Å². The van der Waals surface area contributed by atoms with Gasteiger partial charge in [-0.25, -0.2) is 9.66 Å². The van der Waals surface area contributed by atoms with Gasteiger partial charge in [0.25, 0.3) is 0 Å². The molecule has 2 heterocycles. The Kier molecular flexibility index (Phi) is 2.73. The fourth-order valence-electron chi connectivity index (χ4n) is 2.56. The van der Waals surface area contributed by atoms with Crippen LogP contribution in [0.4, 0.5) is 0 Å². The first-order chi connectivity index (χ1) is 8.40. The van der Waals surface area contributed by atoms with Gasteiger partial charge in [-0.15, -0.1) is 0 Å². The molecule has 1 fully saturated rings. The molecule has 0 atom stereocenters.